The molecule has 1 amide bonds. The molecule has 1 aliphatic rings. The fourth-order valence-corrected chi connectivity index (χ4v) is 3.47. The molecule has 0 aromatic heterocycles. The van der Waals surface area contributed by atoms with Crippen molar-refractivity contribution in [1.82, 2.24) is 0 Å². The number of aryl methyl sites for hydroxylation is 1. The number of ether oxygens (including phenoxy) is 1. The second-order valence-electron chi connectivity index (χ2n) is 5.74. The van der Waals surface area contributed by atoms with Crippen molar-refractivity contribution in [2.75, 3.05) is 19.0 Å². The highest BCUT2D eigenvalue weighted by Gasteiger charge is 2.26. The number of carbonyl (C=O) groups is 1. The zero-order chi connectivity index (χ0) is 15.4. The van der Waals surface area contributed by atoms with Gasteiger partial charge in [-0.2, -0.15) is 0 Å². The van der Waals surface area contributed by atoms with Crippen LogP contribution in [0.1, 0.15) is 31.2 Å². The molecule has 1 fully saturated rings. The lowest BCUT2D eigenvalue weighted by Crippen LogP contribution is -2.29. The molecule has 0 spiro atoms. The van der Waals surface area contributed by atoms with Gasteiger partial charge in [-0.3, -0.25) is 4.79 Å². The average Bonchev–Trinajstić information content (AvgIpc) is 2.49. The topological polar surface area (TPSA) is 64.3 Å². The van der Waals surface area contributed by atoms with Gasteiger partial charge in [-0.25, -0.2) is 0 Å². The maximum absolute atomic E-state index is 12.5. The minimum absolute atomic E-state index is 0.0838. The van der Waals surface area contributed by atoms with Crippen molar-refractivity contribution in [3.63, 3.8) is 0 Å². The van der Waals surface area contributed by atoms with Crippen LogP contribution >= 0.6 is 15.9 Å². The molecular formula is C16H23BrN2O2. The molecule has 3 N–H and O–H groups in total. The minimum atomic E-state index is 0.0838. The Morgan fingerprint density at radius 3 is 2.62 bits per heavy atom. The van der Waals surface area contributed by atoms with E-state index < -0.39 is 0 Å². The number of nitrogens with two attached hydrogens (primary N) is 1. The third-order valence-corrected chi connectivity index (χ3v) is 4.74. The van der Waals surface area contributed by atoms with Crippen molar-refractivity contribution in [1.29, 1.82) is 0 Å². The first-order valence-corrected chi connectivity index (χ1v) is 8.19. The molecule has 0 bridgehead atoms. The number of hydrogen-bond acceptors (Lipinski definition) is 3. The number of benzene rings is 1. The first-order valence-electron chi connectivity index (χ1n) is 7.40. The predicted octanol–water partition coefficient (Wildman–Crippen LogP) is 3.47. The Hall–Kier alpha value is -1.07. The number of methoxy groups -OCH3 is 1. The lowest BCUT2D eigenvalue weighted by molar-refractivity contribution is -0.121. The van der Waals surface area contributed by atoms with Gasteiger partial charge in [-0.05, 0) is 62.8 Å². The summed E-state index contributed by atoms with van der Waals surface area (Å²) in [5.41, 5.74) is 7.46. The fourth-order valence-electron chi connectivity index (χ4n) is 2.92. The van der Waals surface area contributed by atoms with Crippen LogP contribution in [0.3, 0.4) is 0 Å². The lowest BCUT2D eigenvalue weighted by atomic mass is 9.81. The summed E-state index contributed by atoms with van der Waals surface area (Å²) in [5.74, 6) is 1.44. The summed E-state index contributed by atoms with van der Waals surface area (Å²) in [7, 11) is 1.61. The van der Waals surface area contributed by atoms with Crippen molar-refractivity contribution in [2.45, 2.75) is 32.6 Å². The number of anilines is 1. The zero-order valence-electron chi connectivity index (χ0n) is 12.6. The van der Waals surface area contributed by atoms with Gasteiger partial charge in [-0.15, -0.1) is 0 Å². The molecule has 0 atom stereocenters. The van der Waals surface area contributed by atoms with Crippen molar-refractivity contribution in [3.8, 4) is 5.75 Å². The number of nitrogens with one attached hydrogen (secondary N) is 1. The van der Waals surface area contributed by atoms with Crippen molar-refractivity contribution >= 4 is 27.5 Å². The number of halogens is 1. The minimum Gasteiger partial charge on any atom is -0.495 e. The highest BCUT2D eigenvalue weighted by Crippen LogP contribution is 2.34. The van der Waals surface area contributed by atoms with Crippen molar-refractivity contribution in [3.05, 3.63) is 22.2 Å². The van der Waals surface area contributed by atoms with E-state index >= 15 is 0 Å². The summed E-state index contributed by atoms with van der Waals surface area (Å²) in [6.07, 6.45) is 3.94. The van der Waals surface area contributed by atoms with Gasteiger partial charge < -0.3 is 15.8 Å². The summed E-state index contributed by atoms with van der Waals surface area (Å²) in [5, 5.41) is 3.04. The molecule has 0 unspecified atom stereocenters. The standard InChI is InChI=1S/C16H23BrN2O2/c1-10-7-13(17)8-14(21-2)15(10)19-16(20)12-5-3-11(9-18)4-6-12/h7-8,11-12H,3-6,9,18H2,1-2H3,(H,19,20). The van der Waals surface area contributed by atoms with Gasteiger partial charge in [-0.1, -0.05) is 15.9 Å². The number of hydrogen-bond donors (Lipinski definition) is 2. The van der Waals surface area contributed by atoms with E-state index in [0.717, 1.165) is 48.0 Å². The monoisotopic (exact) mass is 354 g/mol. The molecule has 0 aliphatic heterocycles. The largest absolute Gasteiger partial charge is 0.495 e. The van der Waals surface area contributed by atoms with E-state index in [0.29, 0.717) is 11.7 Å². The second kappa shape index (κ2) is 7.27. The maximum Gasteiger partial charge on any atom is 0.227 e. The Morgan fingerprint density at radius 1 is 1.38 bits per heavy atom. The Labute approximate surface area is 134 Å². The molecule has 0 heterocycles. The summed E-state index contributed by atoms with van der Waals surface area (Å²) in [6.45, 7) is 2.70. The van der Waals surface area contributed by atoms with E-state index in [1.165, 1.54) is 0 Å². The van der Waals surface area contributed by atoms with E-state index in [1.54, 1.807) is 7.11 Å². The quantitative estimate of drug-likeness (QED) is 0.869. The van der Waals surface area contributed by atoms with Crippen LogP contribution in [0.5, 0.6) is 5.75 Å². The first-order chi connectivity index (χ1) is 10.0. The van der Waals surface area contributed by atoms with E-state index in [9.17, 15) is 4.79 Å². The van der Waals surface area contributed by atoms with Crippen LogP contribution in [0.2, 0.25) is 0 Å². The van der Waals surface area contributed by atoms with Crippen LogP contribution in [0.4, 0.5) is 5.69 Å². The normalized spacial score (nSPS) is 21.9. The van der Waals surface area contributed by atoms with Gasteiger partial charge in [0, 0.05) is 10.4 Å². The molecule has 116 valence electrons. The highest BCUT2D eigenvalue weighted by atomic mass is 79.9. The van der Waals surface area contributed by atoms with Gasteiger partial charge in [0.25, 0.3) is 0 Å². The molecule has 1 aliphatic carbocycles. The Balaban J connectivity index is 2.06. The fraction of sp³-hybridized carbons (Fsp3) is 0.562. The van der Waals surface area contributed by atoms with Crippen LogP contribution in [0, 0.1) is 18.8 Å². The lowest BCUT2D eigenvalue weighted by Gasteiger charge is -2.27. The molecule has 0 radical (unpaired) electrons. The summed E-state index contributed by atoms with van der Waals surface area (Å²) in [4.78, 5) is 12.5. The second-order valence-corrected chi connectivity index (χ2v) is 6.66. The number of carbonyl (C=O) groups excluding carboxylic acids is 1. The summed E-state index contributed by atoms with van der Waals surface area (Å²) < 4.78 is 6.31. The molecule has 1 saturated carbocycles. The molecule has 0 saturated heterocycles. The summed E-state index contributed by atoms with van der Waals surface area (Å²) in [6, 6.07) is 3.84. The zero-order valence-corrected chi connectivity index (χ0v) is 14.2. The van der Waals surface area contributed by atoms with E-state index in [1.807, 2.05) is 19.1 Å². The van der Waals surface area contributed by atoms with Gasteiger partial charge >= 0.3 is 0 Å². The number of amides is 1. The molecular weight excluding hydrogens is 332 g/mol. The first kappa shape index (κ1) is 16.3. The Kier molecular flexibility index (Phi) is 5.65. The molecule has 21 heavy (non-hydrogen) atoms. The van der Waals surface area contributed by atoms with Gasteiger partial charge in [0.15, 0.2) is 0 Å². The van der Waals surface area contributed by atoms with E-state index in [4.69, 9.17) is 10.5 Å². The molecule has 1 aromatic carbocycles. The SMILES string of the molecule is COc1cc(Br)cc(C)c1NC(=O)C1CCC(CN)CC1. The van der Waals surface area contributed by atoms with Crippen LogP contribution in [-0.4, -0.2) is 19.6 Å². The van der Waals surface area contributed by atoms with Crippen LogP contribution in [-0.2, 0) is 4.79 Å². The van der Waals surface area contributed by atoms with Crippen molar-refractivity contribution < 1.29 is 9.53 Å². The van der Waals surface area contributed by atoms with Gasteiger partial charge in [0.1, 0.15) is 5.75 Å². The Morgan fingerprint density at radius 2 is 2.05 bits per heavy atom. The highest BCUT2D eigenvalue weighted by molar-refractivity contribution is 9.10. The smallest absolute Gasteiger partial charge is 0.227 e. The third-order valence-electron chi connectivity index (χ3n) is 4.28. The molecule has 1 aromatic rings. The van der Waals surface area contributed by atoms with Crippen LogP contribution in [0.25, 0.3) is 0 Å². The average molecular weight is 355 g/mol. The van der Waals surface area contributed by atoms with Gasteiger partial charge in [0.2, 0.25) is 5.91 Å². The summed E-state index contributed by atoms with van der Waals surface area (Å²) >= 11 is 3.44. The van der Waals surface area contributed by atoms with E-state index in [2.05, 4.69) is 21.2 Å². The molecule has 2 rings (SSSR count). The van der Waals surface area contributed by atoms with Crippen LogP contribution < -0.4 is 15.8 Å². The Bertz CT molecular complexity index is 511. The third kappa shape index (κ3) is 3.98. The maximum atomic E-state index is 12.5. The van der Waals surface area contributed by atoms with E-state index in [-0.39, 0.29) is 11.8 Å². The van der Waals surface area contributed by atoms with Gasteiger partial charge in [0.05, 0.1) is 12.8 Å². The molecule has 5 heteroatoms. The molecule has 4 nitrogen and oxygen atoms in total. The predicted molar refractivity (Wildman–Crippen MR) is 88.6 cm³/mol. The number of rotatable bonds is 4. The van der Waals surface area contributed by atoms with Crippen molar-refractivity contribution in [2.24, 2.45) is 17.6 Å². The van der Waals surface area contributed by atoms with Crippen LogP contribution in [0.15, 0.2) is 16.6 Å².